The maximum absolute atomic E-state index is 10.8. The number of oxazole rings is 1. The van der Waals surface area contributed by atoms with Gasteiger partial charge in [0.2, 0.25) is 5.58 Å². The van der Waals surface area contributed by atoms with Crippen LogP contribution >= 0.6 is 0 Å². The molecule has 6 heteroatoms. The summed E-state index contributed by atoms with van der Waals surface area (Å²) in [6.07, 6.45) is 1.02. The Morgan fingerprint density at radius 2 is 1.77 bits per heavy atom. The van der Waals surface area contributed by atoms with E-state index in [1.165, 1.54) is 0 Å². The SMILES string of the molecule is Cc1oc2ccc(C#Cc3ccccc3)cc2[n+]1CCCCS(=O)(=O)O. The molecular weight excluding hydrogens is 350 g/mol. The van der Waals surface area contributed by atoms with E-state index in [-0.39, 0.29) is 5.75 Å². The second-order valence-electron chi connectivity index (χ2n) is 6.06. The third-order valence-electron chi connectivity index (χ3n) is 4.05. The van der Waals surface area contributed by atoms with Crippen LogP contribution in [0.3, 0.4) is 0 Å². The summed E-state index contributed by atoms with van der Waals surface area (Å²) in [5, 5.41) is 0. The van der Waals surface area contributed by atoms with Crippen LogP contribution in [0.15, 0.2) is 52.9 Å². The zero-order chi connectivity index (χ0) is 18.6. The molecule has 0 spiro atoms. The predicted molar refractivity (Wildman–Crippen MR) is 99.2 cm³/mol. The number of aromatic nitrogens is 1. The standard InChI is InChI=1S/C20H19NO4S/c1-16-21(13-5-6-14-26(22,23)24)19-15-18(11-12-20(19)25-16)10-9-17-7-3-2-4-8-17/h2-4,7-8,11-12,15H,5-6,13-14H2,1H3/p+1. The molecule has 1 N–H and O–H groups in total. The van der Waals surface area contributed by atoms with E-state index in [1.807, 2.05) is 60.0 Å². The zero-order valence-electron chi connectivity index (χ0n) is 14.5. The number of unbranched alkanes of at least 4 members (excludes halogenated alkanes) is 1. The van der Waals surface area contributed by atoms with Crippen LogP contribution in [-0.2, 0) is 16.7 Å². The minimum absolute atomic E-state index is 0.226. The molecule has 0 saturated heterocycles. The van der Waals surface area contributed by atoms with Crippen LogP contribution in [0.4, 0.5) is 0 Å². The first-order valence-corrected chi connectivity index (χ1v) is 9.98. The molecule has 1 aromatic heterocycles. The number of hydrogen-bond donors (Lipinski definition) is 1. The maximum atomic E-state index is 10.8. The van der Waals surface area contributed by atoms with Gasteiger partial charge in [0.05, 0.1) is 12.7 Å². The molecule has 0 aliphatic heterocycles. The summed E-state index contributed by atoms with van der Waals surface area (Å²) in [5.74, 6) is 6.82. The topological polar surface area (TPSA) is 71.4 Å². The zero-order valence-corrected chi connectivity index (χ0v) is 15.3. The lowest BCUT2D eigenvalue weighted by molar-refractivity contribution is -0.683. The van der Waals surface area contributed by atoms with Gasteiger partial charge in [0.25, 0.3) is 15.6 Å². The Morgan fingerprint density at radius 1 is 1.04 bits per heavy atom. The first-order chi connectivity index (χ1) is 12.4. The van der Waals surface area contributed by atoms with Gasteiger partial charge in [-0.3, -0.25) is 4.55 Å². The van der Waals surface area contributed by atoms with E-state index in [1.54, 1.807) is 0 Å². The molecule has 134 valence electrons. The molecule has 0 aliphatic rings. The highest BCUT2D eigenvalue weighted by molar-refractivity contribution is 7.85. The quantitative estimate of drug-likeness (QED) is 0.324. The van der Waals surface area contributed by atoms with Crippen molar-refractivity contribution in [2.45, 2.75) is 26.3 Å². The van der Waals surface area contributed by atoms with E-state index in [9.17, 15) is 8.42 Å². The van der Waals surface area contributed by atoms with E-state index in [0.29, 0.717) is 19.4 Å². The summed E-state index contributed by atoms with van der Waals surface area (Å²) >= 11 is 0. The molecule has 26 heavy (non-hydrogen) atoms. The maximum Gasteiger partial charge on any atom is 0.344 e. The molecule has 2 aromatic carbocycles. The van der Waals surface area contributed by atoms with Gasteiger partial charge >= 0.3 is 5.89 Å². The van der Waals surface area contributed by atoms with Gasteiger partial charge in [-0.15, -0.1) is 0 Å². The van der Waals surface area contributed by atoms with E-state index in [4.69, 9.17) is 8.97 Å². The average Bonchev–Trinajstić information content (AvgIpc) is 2.92. The lowest BCUT2D eigenvalue weighted by Gasteiger charge is -1.97. The van der Waals surface area contributed by atoms with Crippen molar-refractivity contribution in [2.75, 3.05) is 5.75 Å². The van der Waals surface area contributed by atoms with Crippen molar-refractivity contribution < 1.29 is 22.0 Å². The molecule has 1 heterocycles. The molecule has 0 aliphatic carbocycles. The van der Waals surface area contributed by atoms with Gasteiger partial charge in [-0.1, -0.05) is 30.0 Å². The van der Waals surface area contributed by atoms with Crippen molar-refractivity contribution in [3.63, 3.8) is 0 Å². The van der Waals surface area contributed by atoms with Gasteiger partial charge in [-0.05, 0) is 30.7 Å². The molecule has 5 nitrogen and oxygen atoms in total. The van der Waals surface area contributed by atoms with Gasteiger partial charge in [0.15, 0.2) is 6.54 Å². The molecule has 3 aromatic rings. The van der Waals surface area contributed by atoms with E-state index < -0.39 is 10.1 Å². The average molecular weight is 370 g/mol. The van der Waals surface area contributed by atoms with E-state index >= 15 is 0 Å². The lowest BCUT2D eigenvalue weighted by atomic mass is 10.1. The first-order valence-electron chi connectivity index (χ1n) is 8.37. The molecule has 0 atom stereocenters. The fourth-order valence-corrected chi connectivity index (χ4v) is 3.34. The van der Waals surface area contributed by atoms with Crippen molar-refractivity contribution in [1.29, 1.82) is 0 Å². The van der Waals surface area contributed by atoms with Crippen LogP contribution in [0.25, 0.3) is 11.1 Å². The minimum atomic E-state index is -3.91. The van der Waals surface area contributed by atoms with Gasteiger partial charge in [0, 0.05) is 23.6 Å². The smallest absolute Gasteiger partial charge is 0.344 e. The number of benzene rings is 2. The van der Waals surface area contributed by atoms with Crippen molar-refractivity contribution in [1.82, 2.24) is 0 Å². The Labute approximate surface area is 153 Å². The number of hydrogen-bond acceptors (Lipinski definition) is 3. The van der Waals surface area contributed by atoms with Crippen molar-refractivity contribution in [3.8, 4) is 11.8 Å². The number of nitrogens with zero attached hydrogens (tertiary/aromatic N) is 1. The highest BCUT2D eigenvalue weighted by Gasteiger charge is 2.19. The van der Waals surface area contributed by atoms with Gasteiger partial charge in [-0.2, -0.15) is 13.0 Å². The highest BCUT2D eigenvalue weighted by atomic mass is 32.2. The predicted octanol–water partition coefficient (Wildman–Crippen LogP) is 3.10. The molecule has 0 unspecified atom stereocenters. The Kier molecular flexibility index (Phi) is 5.40. The number of fused-ring (bicyclic) bond motifs is 1. The number of rotatable bonds is 5. The largest absolute Gasteiger partial charge is 0.402 e. The van der Waals surface area contributed by atoms with Crippen LogP contribution in [-0.4, -0.2) is 18.7 Å². The molecule has 0 saturated carbocycles. The molecular formula is C20H20NO4S+. The van der Waals surface area contributed by atoms with Gasteiger partial charge in [-0.25, -0.2) is 0 Å². The summed E-state index contributed by atoms with van der Waals surface area (Å²) < 4.78 is 38.2. The number of aryl methyl sites for hydroxylation is 2. The van der Waals surface area contributed by atoms with Gasteiger partial charge < -0.3 is 4.42 Å². The molecule has 0 amide bonds. The third-order valence-corrected chi connectivity index (χ3v) is 4.85. The molecule has 0 fully saturated rings. The molecule has 3 rings (SSSR count). The third kappa shape index (κ3) is 4.72. The van der Waals surface area contributed by atoms with Crippen LogP contribution in [0.2, 0.25) is 0 Å². The summed E-state index contributed by atoms with van der Waals surface area (Å²) in [7, 11) is -3.91. The molecule has 0 bridgehead atoms. The van der Waals surface area contributed by atoms with Gasteiger partial charge in [0.1, 0.15) is 0 Å². The summed E-state index contributed by atoms with van der Waals surface area (Å²) in [6.45, 7) is 2.49. The van der Waals surface area contributed by atoms with Crippen LogP contribution in [0, 0.1) is 18.8 Å². The fourth-order valence-electron chi connectivity index (χ4n) is 2.77. The van der Waals surface area contributed by atoms with E-state index in [0.717, 1.165) is 28.1 Å². The highest BCUT2D eigenvalue weighted by Crippen LogP contribution is 2.16. The van der Waals surface area contributed by atoms with Crippen molar-refractivity contribution in [2.24, 2.45) is 0 Å². The van der Waals surface area contributed by atoms with E-state index in [2.05, 4.69) is 11.8 Å². The second-order valence-corrected chi connectivity index (χ2v) is 7.64. The van der Waals surface area contributed by atoms with Crippen LogP contribution in [0.5, 0.6) is 0 Å². The summed E-state index contributed by atoms with van der Waals surface area (Å²) in [5.41, 5.74) is 3.53. The van der Waals surface area contributed by atoms with Crippen LogP contribution < -0.4 is 4.57 Å². The second kappa shape index (κ2) is 7.73. The monoisotopic (exact) mass is 370 g/mol. The summed E-state index contributed by atoms with van der Waals surface area (Å²) in [4.78, 5) is 0. The minimum Gasteiger partial charge on any atom is -0.402 e. The van der Waals surface area contributed by atoms with Crippen LogP contribution in [0.1, 0.15) is 29.9 Å². The van der Waals surface area contributed by atoms with Crippen molar-refractivity contribution >= 4 is 21.2 Å². The Hall–Kier alpha value is -2.62. The summed E-state index contributed by atoms with van der Waals surface area (Å²) in [6, 6.07) is 15.6. The normalized spacial score (nSPS) is 11.3. The Balaban J connectivity index is 1.81. The molecule has 0 radical (unpaired) electrons. The fraction of sp³-hybridized carbons (Fsp3) is 0.250. The Morgan fingerprint density at radius 3 is 2.50 bits per heavy atom. The lowest BCUT2D eigenvalue weighted by Crippen LogP contribution is -2.35. The Bertz CT molecular complexity index is 1070. The van der Waals surface area contributed by atoms with Crippen molar-refractivity contribution in [3.05, 3.63) is 65.5 Å². The first kappa shape index (κ1) is 18.2.